The maximum atomic E-state index is 6.50. The highest BCUT2D eigenvalue weighted by molar-refractivity contribution is 7.25. The zero-order chi connectivity index (χ0) is 34.6. The molecule has 3 heterocycles. The summed E-state index contributed by atoms with van der Waals surface area (Å²) in [5, 5.41) is 13.2. The predicted molar refractivity (Wildman–Crippen MR) is 225 cm³/mol. The molecule has 0 unspecified atom stereocenters. The van der Waals surface area contributed by atoms with Crippen molar-refractivity contribution in [2.45, 2.75) is 0 Å². The van der Waals surface area contributed by atoms with Gasteiger partial charge in [0.25, 0.3) is 0 Å². The number of rotatable bonds is 3. The van der Waals surface area contributed by atoms with Gasteiger partial charge in [-0.1, -0.05) is 133 Å². The Morgan fingerprint density at radius 3 is 1.75 bits per heavy atom. The molecule has 9 aromatic carbocycles. The maximum Gasteiger partial charge on any atom is 0.143 e. The Morgan fingerprint density at radius 1 is 0.340 bits per heavy atom. The Kier molecular flexibility index (Phi) is 5.96. The van der Waals surface area contributed by atoms with Crippen LogP contribution in [-0.4, -0.2) is 0 Å². The third-order valence-electron chi connectivity index (χ3n) is 11.1. The largest absolute Gasteiger partial charge is 0.456 e. The third kappa shape index (κ3) is 4.20. The fourth-order valence-corrected chi connectivity index (χ4v) is 9.87. The Hall–Kier alpha value is -6.68. The molecule has 12 rings (SSSR count). The molecule has 0 radical (unpaired) electrons. The van der Waals surface area contributed by atoms with Crippen LogP contribution in [-0.2, 0) is 0 Å². The van der Waals surface area contributed by atoms with Crippen molar-refractivity contribution in [2.75, 3.05) is 0 Å². The van der Waals surface area contributed by atoms with Crippen molar-refractivity contribution in [3.05, 3.63) is 170 Å². The molecule has 0 aliphatic heterocycles. The van der Waals surface area contributed by atoms with Gasteiger partial charge in [0, 0.05) is 47.3 Å². The maximum absolute atomic E-state index is 6.50. The van der Waals surface area contributed by atoms with E-state index < -0.39 is 0 Å². The van der Waals surface area contributed by atoms with Crippen LogP contribution in [0.5, 0.6) is 0 Å². The van der Waals surface area contributed by atoms with Gasteiger partial charge >= 0.3 is 0 Å². The monoisotopic (exact) mass is 692 g/mol. The molecule has 0 bridgehead atoms. The Morgan fingerprint density at radius 2 is 0.962 bits per heavy atom. The molecule has 0 amide bonds. The molecule has 246 valence electrons. The molecular weight excluding hydrogens is 665 g/mol. The first-order valence-electron chi connectivity index (χ1n) is 18.0. The topological polar surface area (TPSA) is 26.3 Å². The summed E-state index contributed by atoms with van der Waals surface area (Å²) < 4.78 is 15.4. The summed E-state index contributed by atoms with van der Waals surface area (Å²) >= 11 is 1.85. The summed E-state index contributed by atoms with van der Waals surface area (Å²) in [6.07, 6.45) is 0. The van der Waals surface area contributed by atoms with Gasteiger partial charge < -0.3 is 8.83 Å². The number of furan rings is 2. The van der Waals surface area contributed by atoms with E-state index in [4.69, 9.17) is 8.83 Å². The molecule has 0 N–H and O–H groups in total. The first-order valence-corrected chi connectivity index (χ1v) is 18.8. The molecule has 2 nitrogen and oxygen atoms in total. The molecule has 0 saturated carbocycles. The minimum absolute atomic E-state index is 0.901. The molecule has 0 aliphatic carbocycles. The van der Waals surface area contributed by atoms with E-state index in [0.29, 0.717) is 0 Å². The zero-order valence-corrected chi connectivity index (χ0v) is 29.2. The third-order valence-corrected chi connectivity index (χ3v) is 12.2. The van der Waals surface area contributed by atoms with E-state index in [1.165, 1.54) is 69.4 Å². The second-order valence-electron chi connectivity index (χ2n) is 14.0. The van der Waals surface area contributed by atoms with Crippen LogP contribution < -0.4 is 0 Å². The molecule has 0 atom stereocenters. The number of benzene rings is 9. The number of hydrogen-bond donors (Lipinski definition) is 0. The van der Waals surface area contributed by atoms with Crippen molar-refractivity contribution in [3.8, 4) is 33.6 Å². The quantitative estimate of drug-likeness (QED) is 0.172. The zero-order valence-electron chi connectivity index (χ0n) is 28.4. The summed E-state index contributed by atoms with van der Waals surface area (Å²) in [5.74, 6) is 0.901. The van der Waals surface area contributed by atoms with Crippen LogP contribution >= 0.6 is 11.3 Å². The van der Waals surface area contributed by atoms with Crippen LogP contribution in [0.2, 0.25) is 0 Å². The number of para-hydroxylation sites is 1. The first-order chi connectivity index (χ1) is 26.3. The second kappa shape index (κ2) is 10.9. The van der Waals surface area contributed by atoms with Crippen LogP contribution in [0.15, 0.2) is 179 Å². The number of thiophene rings is 1. The fourth-order valence-electron chi connectivity index (χ4n) is 8.70. The molecule has 0 fully saturated rings. The molecule has 0 spiro atoms. The van der Waals surface area contributed by atoms with Crippen molar-refractivity contribution in [1.82, 2.24) is 0 Å². The lowest BCUT2D eigenvalue weighted by Gasteiger charge is -2.19. The summed E-state index contributed by atoms with van der Waals surface area (Å²) in [6.45, 7) is 0. The minimum atomic E-state index is 0.901. The lowest BCUT2D eigenvalue weighted by atomic mass is 9.84. The molecular formula is C50H28O2S. The van der Waals surface area contributed by atoms with Gasteiger partial charge in [-0.3, -0.25) is 0 Å². The Bertz CT molecular complexity index is 3390. The smallest absolute Gasteiger partial charge is 0.143 e. The molecule has 0 saturated heterocycles. The highest BCUT2D eigenvalue weighted by Crippen LogP contribution is 2.48. The van der Waals surface area contributed by atoms with E-state index in [9.17, 15) is 0 Å². The molecule has 3 aromatic heterocycles. The Labute approximate surface area is 307 Å². The van der Waals surface area contributed by atoms with Crippen molar-refractivity contribution in [1.29, 1.82) is 0 Å². The van der Waals surface area contributed by atoms with Gasteiger partial charge in [0.1, 0.15) is 22.5 Å². The van der Waals surface area contributed by atoms with Crippen molar-refractivity contribution >= 4 is 96.7 Å². The van der Waals surface area contributed by atoms with E-state index in [-0.39, 0.29) is 0 Å². The van der Waals surface area contributed by atoms with Crippen LogP contribution in [0.3, 0.4) is 0 Å². The van der Waals surface area contributed by atoms with Crippen LogP contribution in [0.4, 0.5) is 0 Å². The average Bonchev–Trinajstić information content (AvgIpc) is 3.92. The van der Waals surface area contributed by atoms with Crippen LogP contribution in [0.25, 0.3) is 119 Å². The van der Waals surface area contributed by atoms with Gasteiger partial charge in [-0.05, 0) is 85.6 Å². The SMILES string of the molecule is c1ccc(-c2cc3cc4sc5cc(-c6c7ccccc7c(-c7cccc8c7ccc7c9ccccc9oc87)c7ccccc67)ccc5c4cc3o2)cc1. The van der Waals surface area contributed by atoms with Gasteiger partial charge in [0.15, 0.2) is 0 Å². The average molecular weight is 693 g/mol. The fraction of sp³-hybridized carbons (Fsp3) is 0. The lowest BCUT2D eigenvalue weighted by Crippen LogP contribution is -1.91. The summed E-state index contributed by atoms with van der Waals surface area (Å²) in [4.78, 5) is 0. The Balaban J connectivity index is 1.07. The van der Waals surface area contributed by atoms with Crippen molar-refractivity contribution in [3.63, 3.8) is 0 Å². The van der Waals surface area contributed by atoms with Crippen molar-refractivity contribution < 1.29 is 8.83 Å². The second-order valence-corrected chi connectivity index (χ2v) is 15.0. The van der Waals surface area contributed by atoms with Crippen LogP contribution in [0.1, 0.15) is 0 Å². The van der Waals surface area contributed by atoms with Gasteiger partial charge in [0.2, 0.25) is 0 Å². The predicted octanol–water partition coefficient (Wildman–Crippen LogP) is 15.2. The highest BCUT2D eigenvalue weighted by Gasteiger charge is 2.20. The summed E-state index contributed by atoms with van der Waals surface area (Å²) in [6, 6.07) is 61.3. The van der Waals surface area contributed by atoms with E-state index >= 15 is 0 Å². The lowest BCUT2D eigenvalue weighted by molar-refractivity contribution is 0.632. The van der Waals surface area contributed by atoms with E-state index in [0.717, 1.165) is 49.6 Å². The molecule has 12 aromatic rings. The number of fused-ring (bicyclic) bond motifs is 11. The summed E-state index contributed by atoms with van der Waals surface area (Å²) in [5.41, 5.74) is 8.82. The standard InChI is InChI=1S/C50H28O2S/c1-2-11-29(12-3-1)44-25-31-27-47-42(28-45(31)51-44)34-22-21-30(26-46(34)53-47)48-36-14-4-6-16-38(36)49(39-17-7-5-15-37(39)48)35-18-10-19-40-32(35)23-24-41-33-13-8-9-20-43(33)52-50(40)41/h1-28H. The molecule has 53 heavy (non-hydrogen) atoms. The highest BCUT2D eigenvalue weighted by atomic mass is 32.1. The normalized spacial score (nSPS) is 12.2. The van der Waals surface area contributed by atoms with Crippen LogP contribution in [0, 0.1) is 0 Å². The first kappa shape index (κ1) is 29.0. The van der Waals surface area contributed by atoms with Gasteiger partial charge in [0.05, 0.1) is 0 Å². The summed E-state index contributed by atoms with van der Waals surface area (Å²) in [7, 11) is 0. The van der Waals surface area contributed by atoms with Gasteiger partial charge in [-0.2, -0.15) is 0 Å². The van der Waals surface area contributed by atoms with E-state index in [1.807, 2.05) is 23.5 Å². The van der Waals surface area contributed by atoms with Gasteiger partial charge in [-0.25, -0.2) is 0 Å². The van der Waals surface area contributed by atoms with Gasteiger partial charge in [-0.15, -0.1) is 11.3 Å². The van der Waals surface area contributed by atoms with E-state index in [1.54, 1.807) is 0 Å². The molecule has 3 heteroatoms. The minimum Gasteiger partial charge on any atom is -0.456 e. The molecule has 0 aliphatic rings. The number of hydrogen-bond acceptors (Lipinski definition) is 3. The van der Waals surface area contributed by atoms with E-state index in [2.05, 4.69) is 158 Å². The van der Waals surface area contributed by atoms with Crippen molar-refractivity contribution in [2.24, 2.45) is 0 Å².